The van der Waals surface area contributed by atoms with Crippen LogP contribution in [0.1, 0.15) is 55.2 Å². The van der Waals surface area contributed by atoms with Crippen molar-refractivity contribution in [1.29, 1.82) is 0 Å². The van der Waals surface area contributed by atoms with E-state index in [-0.39, 0.29) is 0 Å². The third-order valence-electron chi connectivity index (χ3n) is 4.01. The van der Waals surface area contributed by atoms with Crippen LogP contribution in [-0.4, -0.2) is 11.5 Å². The number of benzene rings is 1. The maximum Gasteiger partial charge on any atom is 0.123 e. The molecule has 1 aliphatic rings. The van der Waals surface area contributed by atoms with E-state index in [4.69, 9.17) is 4.98 Å². The van der Waals surface area contributed by atoms with Gasteiger partial charge < -0.3 is 5.32 Å². The Morgan fingerprint density at radius 3 is 2.57 bits per heavy atom. The molecule has 1 N–H and O–H groups in total. The van der Waals surface area contributed by atoms with Crippen molar-refractivity contribution in [1.82, 2.24) is 10.3 Å². The van der Waals surface area contributed by atoms with E-state index in [1.165, 1.54) is 46.0 Å². The van der Waals surface area contributed by atoms with Gasteiger partial charge in [0.2, 0.25) is 0 Å². The Morgan fingerprint density at radius 1 is 1.19 bits per heavy atom. The second-order valence-corrected chi connectivity index (χ2v) is 6.91. The zero-order valence-corrected chi connectivity index (χ0v) is 13.8. The largest absolute Gasteiger partial charge is 0.312 e. The number of rotatable bonds is 7. The van der Waals surface area contributed by atoms with E-state index < -0.39 is 0 Å². The van der Waals surface area contributed by atoms with Crippen LogP contribution in [0.4, 0.5) is 0 Å². The predicted molar refractivity (Wildman–Crippen MR) is 90.9 cm³/mol. The van der Waals surface area contributed by atoms with Crippen LogP contribution in [-0.2, 0) is 13.0 Å². The summed E-state index contributed by atoms with van der Waals surface area (Å²) in [7, 11) is 0. The fourth-order valence-electron chi connectivity index (χ4n) is 2.55. The molecule has 0 atom stereocenters. The molecule has 1 saturated carbocycles. The van der Waals surface area contributed by atoms with Crippen LogP contribution in [0.2, 0.25) is 0 Å². The fraction of sp³-hybridized carbons (Fsp3) is 0.500. The Hall–Kier alpha value is -1.19. The SMILES string of the molecule is CCCNCc1sc(-c2ccc(CC)cc2)nc1C1CC1. The van der Waals surface area contributed by atoms with Gasteiger partial charge in [-0.05, 0) is 37.8 Å². The minimum atomic E-state index is 0.725. The van der Waals surface area contributed by atoms with Gasteiger partial charge >= 0.3 is 0 Å². The molecule has 1 aromatic heterocycles. The predicted octanol–water partition coefficient (Wildman–Crippen LogP) is 4.75. The second kappa shape index (κ2) is 6.71. The molecule has 3 heteroatoms. The molecule has 0 spiro atoms. The van der Waals surface area contributed by atoms with E-state index in [2.05, 4.69) is 43.4 Å². The average molecular weight is 300 g/mol. The molecule has 2 aromatic rings. The number of hydrogen-bond donors (Lipinski definition) is 1. The lowest BCUT2D eigenvalue weighted by Gasteiger charge is -2.01. The summed E-state index contributed by atoms with van der Waals surface area (Å²) < 4.78 is 0. The summed E-state index contributed by atoms with van der Waals surface area (Å²) in [6.07, 6.45) is 4.91. The maximum absolute atomic E-state index is 4.96. The molecular weight excluding hydrogens is 276 g/mol. The van der Waals surface area contributed by atoms with Gasteiger partial charge in [-0.1, -0.05) is 38.1 Å². The van der Waals surface area contributed by atoms with Crippen molar-refractivity contribution in [2.75, 3.05) is 6.54 Å². The lowest BCUT2D eigenvalue weighted by atomic mass is 10.1. The highest BCUT2D eigenvalue weighted by Crippen LogP contribution is 2.44. The van der Waals surface area contributed by atoms with Gasteiger partial charge in [0.05, 0.1) is 5.69 Å². The molecular formula is C18H24N2S. The average Bonchev–Trinajstić information content (AvgIpc) is 3.28. The van der Waals surface area contributed by atoms with Gasteiger partial charge in [0.25, 0.3) is 0 Å². The molecule has 0 amide bonds. The zero-order chi connectivity index (χ0) is 14.7. The van der Waals surface area contributed by atoms with Crippen molar-refractivity contribution in [3.63, 3.8) is 0 Å². The second-order valence-electron chi connectivity index (χ2n) is 5.83. The first-order chi connectivity index (χ1) is 10.3. The van der Waals surface area contributed by atoms with Crippen molar-refractivity contribution < 1.29 is 0 Å². The summed E-state index contributed by atoms with van der Waals surface area (Å²) in [5, 5.41) is 4.72. The zero-order valence-electron chi connectivity index (χ0n) is 13.0. The first kappa shape index (κ1) is 14.7. The van der Waals surface area contributed by atoms with E-state index in [1.54, 1.807) is 0 Å². The molecule has 0 saturated heterocycles. The standard InChI is InChI=1S/C18H24N2S/c1-3-11-19-12-16-17(14-9-10-14)20-18(21-16)15-7-5-13(4-2)6-8-15/h5-8,14,19H,3-4,9-12H2,1-2H3. The van der Waals surface area contributed by atoms with E-state index >= 15 is 0 Å². The van der Waals surface area contributed by atoms with Gasteiger partial charge in [0.15, 0.2) is 0 Å². The molecule has 1 heterocycles. The van der Waals surface area contributed by atoms with E-state index in [1.807, 2.05) is 11.3 Å². The molecule has 1 fully saturated rings. The molecule has 2 nitrogen and oxygen atoms in total. The summed E-state index contributed by atoms with van der Waals surface area (Å²) in [5.41, 5.74) is 4.02. The summed E-state index contributed by atoms with van der Waals surface area (Å²) in [6, 6.07) is 8.89. The number of aromatic nitrogens is 1. The third kappa shape index (κ3) is 3.53. The molecule has 0 radical (unpaired) electrons. The Bertz CT molecular complexity index is 582. The molecule has 0 aliphatic heterocycles. The lowest BCUT2D eigenvalue weighted by molar-refractivity contribution is 0.676. The molecule has 1 aromatic carbocycles. The van der Waals surface area contributed by atoms with Crippen molar-refractivity contribution in [2.45, 2.75) is 52.0 Å². The molecule has 0 bridgehead atoms. The van der Waals surface area contributed by atoms with Crippen molar-refractivity contribution in [3.05, 3.63) is 40.4 Å². The summed E-state index contributed by atoms with van der Waals surface area (Å²) >= 11 is 1.87. The van der Waals surface area contributed by atoms with Crippen LogP contribution in [0.3, 0.4) is 0 Å². The lowest BCUT2D eigenvalue weighted by Crippen LogP contribution is -2.13. The number of hydrogen-bond acceptors (Lipinski definition) is 3. The Morgan fingerprint density at radius 2 is 1.95 bits per heavy atom. The summed E-state index contributed by atoms with van der Waals surface area (Å²) in [4.78, 5) is 6.40. The van der Waals surface area contributed by atoms with E-state index in [0.29, 0.717) is 0 Å². The van der Waals surface area contributed by atoms with Gasteiger partial charge in [-0.3, -0.25) is 0 Å². The van der Waals surface area contributed by atoms with Crippen molar-refractivity contribution >= 4 is 11.3 Å². The quantitative estimate of drug-likeness (QED) is 0.746. The van der Waals surface area contributed by atoms with Crippen molar-refractivity contribution in [3.8, 4) is 10.6 Å². The fourth-order valence-corrected chi connectivity index (χ4v) is 3.67. The summed E-state index contributed by atoms with van der Waals surface area (Å²) in [5.74, 6) is 0.725. The van der Waals surface area contributed by atoms with Gasteiger partial charge in [-0.25, -0.2) is 4.98 Å². The number of thiazole rings is 1. The highest BCUT2D eigenvalue weighted by atomic mass is 32.1. The van der Waals surface area contributed by atoms with E-state index in [9.17, 15) is 0 Å². The summed E-state index contributed by atoms with van der Waals surface area (Å²) in [6.45, 7) is 6.47. The van der Waals surface area contributed by atoms with Crippen LogP contribution in [0, 0.1) is 0 Å². The first-order valence-corrected chi connectivity index (χ1v) is 8.93. The smallest absolute Gasteiger partial charge is 0.123 e. The Balaban J connectivity index is 1.82. The molecule has 21 heavy (non-hydrogen) atoms. The topological polar surface area (TPSA) is 24.9 Å². The third-order valence-corrected chi connectivity index (χ3v) is 5.13. The van der Waals surface area contributed by atoms with Crippen LogP contribution in [0.5, 0.6) is 0 Å². The molecule has 1 aliphatic carbocycles. The van der Waals surface area contributed by atoms with Gasteiger partial charge in [0, 0.05) is 22.9 Å². The van der Waals surface area contributed by atoms with Crippen LogP contribution >= 0.6 is 11.3 Å². The first-order valence-electron chi connectivity index (χ1n) is 8.11. The minimum absolute atomic E-state index is 0.725. The number of aryl methyl sites for hydroxylation is 1. The van der Waals surface area contributed by atoms with E-state index in [0.717, 1.165) is 25.4 Å². The van der Waals surface area contributed by atoms with Crippen LogP contribution in [0.25, 0.3) is 10.6 Å². The van der Waals surface area contributed by atoms with Crippen molar-refractivity contribution in [2.24, 2.45) is 0 Å². The highest BCUT2D eigenvalue weighted by molar-refractivity contribution is 7.15. The molecule has 0 unspecified atom stereocenters. The minimum Gasteiger partial charge on any atom is -0.312 e. The highest BCUT2D eigenvalue weighted by Gasteiger charge is 2.29. The monoisotopic (exact) mass is 300 g/mol. The van der Waals surface area contributed by atoms with Crippen LogP contribution < -0.4 is 5.32 Å². The Kier molecular flexibility index (Phi) is 4.71. The number of nitrogens with one attached hydrogen (secondary N) is 1. The maximum atomic E-state index is 4.96. The molecule has 3 rings (SSSR count). The van der Waals surface area contributed by atoms with Crippen LogP contribution in [0.15, 0.2) is 24.3 Å². The van der Waals surface area contributed by atoms with Gasteiger partial charge in [0.1, 0.15) is 5.01 Å². The van der Waals surface area contributed by atoms with Gasteiger partial charge in [-0.15, -0.1) is 11.3 Å². The normalized spacial score (nSPS) is 14.6. The Labute approximate surface area is 131 Å². The molecule has 112 valence electrons. The van der Waals surface area contributed by atoms with Gasteiger partial charge in [-0.2, -0.15) is 0 Å². The number of nitrogens with zero attached hydrogens (tertiary/aromatic N) is 1.